The minimum atomic E-state index is 0.0314. The monoisotopic (exact) mass is 295 g/mol. The lowest BCUT2D eigenvalue weighted by atomic mass is 10.1. The molecule has 2 aromatic rings. The van der Waals surface area contributed by atoms with Crippen LogP contribution >= 0.6 is 0 Å². The van der Waals surface area contributed by atoms with Gasteiger partial charge >= 0.3 is 0 Å². The molecule has 2 atom stereocenters. The minimum Gasteiger partial charge on any atom is -0.336 e. The molecule has 4 rings (SSSR count). The van der Waals surface area contributed by atoms with Crippen LogP contribution in [0.5, 0.6) is 0 Å². The summed E-state index contributed by atoms with van der Waals surface area (Å²) >= 11 is 0. The van der Waals surface area contributed by atoms with Gasteiger partial charge in [-0.2, -0.15) is 0 Å². The third-order valence-electron chi connectivity index (χ3n) is 4.53. The number of hydrogen-bond acceptors (Lipinski definition) is 5. The van der Waals surface area contributed by atoms with Gasteiger partial charge in [0.1, 0.15) is 5.69 Å². The SMILES string of the molecule is O=C(c1ccccn1)N1CC[C@H]2[C@@H]1CCN2c1ncccn1. The van der Waals surface area contributed by atoms with E-state index in [1.54, 1.807) is 24.7 Å². The molecule has 22 heavy (non-hydrogen) atoms. The normalized spacial score (nSPS) is 23.6. The van der Waals surface area contributed by atoms with Gasteiger partial charge in [-0.3, -0.25) is 9.78 Å². The standard InChI is InChI=1S/C16H17N5O/c22-15(12-4-1-2-7-17-12)20-10-5-14-13(20)6-11-21(14)16-18-8-3-9-19-16/h1-4,7-9,13-14H,5-6,10-11H2/t13-,14-/m0/s1. The van der Waals surface area contributed by atoms with E-state index in [1.807, 2.05) is 23.1 Å². The number of carbonyl (C=O) groups excluding carboxylic acids is 1. The smallest absolute Gasteiger partial charge is 0.272 e. The third-order valence-corrected chi connectivity index (χ3v) is 4.53. The Morgan fingerprint density at radius 1 is 0.955 bits per heavy atom. The maximum Gasteiger partial charge on any atom is 0.272 e. The van der Waals surface area contributed by atoms with E-state index in [4.69, 9.17) is 0 Å². The first-order valence-electron chi connectivity index (χ1n) is 7.60. The molecule has 6 heteroatoms. The molecule has 0 aromatic carbocycles. The van der Waals surface area contributed by atoms with Crippen molar-refractivity contribution in [2.45, 2.75) is 24.9 Å². The maximum absolute atomic E-state index is 12.6. The number of carbonyl (C=O) groups is 1. The zero-order chi connectivity index (χ0) is 14.9. The summed E-state index contributed by atoms with van der Waals surface area (Å²) in [4.78, 5) is 29.7. The maximum atomic E-state index is 12.6. The van der Waals surface area contributed by atoms with Crippen molar-refractivity contribution in [1.29, 1.82) is 0 Å². The molecule has 0 aliphatic carbocycles. The Morgan fingerprint density at radius 3 is 2.50 bits per heavy atom. The van der Waals surface area contributed by atoms with Crippen molar-refractivity contribution in [3.05, 3.63) is 48.5 Å². The molecule has 2 saturated heterocycles. The zero-order valence-corrected chi connectivity index (χ0v) is 12.2. The Morgan fingerprint density at radius 2 is 1.73 bits per heavy atom. The fourth-order valence-electron chi connectivity index (χ4n) is 3.56. The Labute approximate surface area is 128 Å². The van der Waals surface area contributed by atoms with Crippen molar-refractivity contribution in [3.8, 4) is 0 Å². The minimum absolute atomic E-state index is 0.0314. The van der Waals surface area contributed by atoms with Crippen LogP contribution in [0, 0.1) is 0 Å². The second kappa shape index (κ2) is 5.36. The van der Waals surface area contributed by atoms with Crippen LogP contribution in [-0.4, -0.2) is 50.9 Å². The Bertz CT molecular complexity index is 663. The van der Waals surface area contributed by atoms with Gasteiger partial charge in [-0.1, -0.05) is 6.07 Å². The largest absolute Gasteiger partial charge is 0.336 e. The van der Waals surface area contributed by atoms with E-state index in [-0.39, 0.29) is 11.9 Å². The van der Waals surface area contributed by atoms with Crippen molar-refractivity contribution in [2.75, 3.05) is 18.0 Å². The fraction of sp³-hybridized carbons (Fsp3) is 0.375. The lowest BCUT2D eigenvalue weighted by Crippen LogP contribution is -2.40. The van der Waals surface area contributed by atoms with Gasteiger partial charge in [0.05, 0.1) is 12.1 Å². The summed E-state index contributed by atoms with van der Waals surface area (Å²) in [7, 11) is 0. The van der Waals surface area contributed by atoms with Crippen LogP contribution in [0.3, 0.4) is 0 Å². The molecule has 112 valence electrons. The zero-order valence-electron chi connectivity index (χ0n) is 12.2. The first-order chi connectivity index (χ1) is 10.8. The molecule has 1 amide bonds. The highest BCUT2D eigenvalue weighted by atomic mass is 16.2. The summed E-state index contributed by atoms with van der Waals surface area (Å²) < 4.78 is 0. The number of anilines is 1. The van der Waals surface area contributed by atoms with E-state index >= 15 is 0 Å². The second-order valence-corrected chi connectivity index (χ2v) is 5.67. The number of aromatic nitrogens is 3. The molecule has 0 bridgehead atoms. The molecule has 0 saturated carbocycles. The third kappa shape index (κ3) is 2.11. The molecule has 4 heterocycles. The lowest BCUT2D eigenvalue weighted by Gasteiger charge is -2.25. The first kappa shape index (κ1) is 13.2. The predicted octanol–water partition coefficient (Wildman–Crippen LogP) is 1.36. The van der Waals surface area contributed by atoms with Crippen LogP contribution in [0.1, 0.15) is 23.3 Å². The van der Waals surface area contributed by atoms with Gasteiger partial charge < -0.3 is 9.80 Å². The van der Waals surface area contributed by atoms with Crippen molar-refractivity contribution < 1.29 is 4.79 Å². The van der Waals surface area contributed by atoms with Gasteiger partial charge in [-0.25, -0.2) is 9.97 Å². The second-order valence-electron chi connectivity index (χ2n) is 5.67. The summed E-state index contributed by atoms with van der Waals surface area (Å²) in [6, 6.07) is 7.83. The Kier molecular flexibility index (Phi) is 3.21. The number of amides is 1. The molecule has 0 spiro atoms. The van der Waals surface area contributed by atoms with Crippen molar-refractivity contribution >= 4 is 11.9 Å². The number of pyridine rings is 1. The average molecular weight is 295 g/mol. The van der Waals surface area contributed by atoms with Gasteiger partial charge in [-0.05, 0) is 31.0 Å². The van der Waals surface area contributed by atoms with Crippen molar-refractivity contribution in [1.82, 2.24) is 19.9 Å². The molecular formula is C16H17N5O. The molecular weight excluding hydrogens is 278 g/mol. The van der Waals surface area contributed by atoms with Gasteiger partial charge in [0.25, 0.3) is 5.91 Å². The highest BCUT2D eigenvalue weighted by Gasteiger charge is 2.45. The summed E-state index contributed by atoms with van der Waals surface area (Å²) in [6.45, 7) is 1.67. The molecule has 6 nitrogen and oxygen atoms in total. The Balaban J connectivity index is 1.55. The molecule has 0 N–H and O–H groups in total. The van der Waals surface area contributed by atoms with E-state index < -0.39 is 0 Å². The van der Waals surface area contributed by atoms with Gasteiger partial charge in [0, 0.05) is 31.7 Å². The highest BCUT2D eigenvalue weighted by Crippen LogP contribution is 2.34. The molecule has 2 fully saturated rings. The summed E-state index contributed by atoms with van der Waals surface area (Å²) in [5, 5.41) is 0. The van der Waals surface area contributed by atoms with Crippen LogP contribution in [0.25, 0.3) is 0 Å². The predicted molar refractivity (Wildman–Crippen MR) is 81.5 cm³/mol. The number of nitrogens with zero attached hydrogens (tertiary/aromatic N) is 5. The van der Waals surface area contributed by atoms with Crippen LogP contribution in [-0.2, 0) is 0 Å². The van der Waals surface area contributed by atoms with Gasteiger partial charge in [0.2, 0.25) is 5.95 Å². The molecule has 2 aliphatic rings. The van der Waals surface area contributed by atoms with E-state index in [0.29, 0.717) is 11.7 Å². The van der Waals surface area contributed by atoms with E-state index in [1.165, 1.54) is 0 Å². The van der Waals surface area contributed by atoms with Crippen LogP contribution in [0.2, 0.25) is 0 Å². The number of fused-ring (bicyclic) bond motifs is 1. The fourth-order valence-corrected chi connectivity index (χ4v) is 3.56. The summed E-state index contributed by atoms with van der Waals surface area (Å²) in [5.41, 5.74) is 0.526. The quantitative estimate of drug-likeness (QED) is 0.837. The average Bonchev–Trinajstić information content (AvgIpc) is 3.17. The van der Waals surface area contributed by atoms with Gasteiger partial charge in [-0.15, -0.1) is 0 Å². The van der Waals surface area contributed by atoms with Crippen molar-refractivity contribution in [2.24, 2.45) is 0 Å². The van der Waals surface area contributed by atoms with Crippen LogP contribution in [0.15, 0.2) is 42.9 Å². The van der Waals surface area contributed by atoms with Gasteiger partial charge in [0.15, 0.2) is 0 Å². The molecule has 0 unspecified atom stereocenters. The molecule has 2 aromatic heterocycles. The number of rotatable bonds is 2. The molecule has 0 radical (unpaired) electrons. The Hall–Kier alpha value is -2.50. The van der Waals surface area contributed by atoms with E-state index in [9.17, 15) is 4.79 Å². The summed E-state index contributed by atoms with van der Waals surface area (Å²) in [5.74, 6) is 0.797. The summed E-state index contributed by atoms with van der Waals surface area (Å²) in [6.07, 6.45) is 7.12. The number of likely N-dealkylation sites (tertiary alicyclic amines) is 1. The van der Waals surface area contributed by atoms with Crippen LogP contribution in [0.4, 0.5) is 5.95 Å². The van der Waals surface area contributed by atoms with E-state index in [0.717, 1.165) is 31.9 Å². The number of hydrogen-bond donors (Lipinski definition) is 0. The van der Waals surface area contributed by atoms with Crippen LogP contribution < -0.4 is 4.90 Å². The van der Waals surface area contributed by atoms with Crippen molar-refractivity contribution in [3.63, 3.8) is 0 Å². The topological polar surface area (TPSA) is 62.2 Å². The first-order valence-corrected chi connectivity index (χ1v) is 7.60. The highest BCUT2D eigenvalue weighted by molar-refractivity contribution is 5.92. The lowest BCUT2D eigenvalue weighted by molar-refractivity contribution is 0.0731. The molecule has 2 aliphatic heterocycles. The van der Waals surface area contributed by atoms with E-state index in [2.05, 4.69) is 19.9 Å².